The molecule has 16 heavy (non-hydrogen) atoms. The summed E-state index contributed by atoms with van der Waals surface area (Å²) in [5.74, 6) is 0.00148. The fourth-order valence-electron chi connectivity index (χ4n) is 1.48. The second-order valence-electron chi connectivity index (χ2n) is 4.05. The Morgan fingerprint density at radius 1 is 1.56 bits per heavy atom. The van der Waals surface area contributed by atoms with E-state index in [2.05, 4.69) is 6.58 Å². The molecule has 0 spiro atoms. The summed E-state index contributed by atoms with van der Waals surface area (Å²) in [6.07, 6.45) is 1.48. The maximum Gasteiger partial charge on any atom is 0.239 e. The first-order chi connectivity index (χ1) is 7.52. The van der Waals surface area contributed by atoms with Crippen LogP contribution in [0, 0.1) is 0 Å². The highest BCUT2D eigenvalue weighted by Crippen LogP contribution is 2.03. The zero-order valence-corrected chi connectivity index (χ0v) is 10.7. The SMILES string of the molecule is C=C(C)CN(CC)C(=O)C(N)CCCOC. The summed E-state index contributed by atoms with van der Waals surface area (Å²) in [6.45, 7) is 9.57. The lowest BCUT2D eigenvalue weighted by atomic mass is 10.1. The van der Waals surface area contributed by atoms with Gasteiger partial charge in [0.15, 0.2) is 0 Å². The van der Waals surface area contributed by atoms with Crippen molar-refractivity contribution in [2.75, 3.05) is 26.8 Å². The summed E-state index contributed by atoms with van der Waals surface area (Å²) in [6, 6.07) is -0.422. The van der Waals surface area contributed by atoms with Crippen molar-refractivity contribution in [3.05, 3.63) is 12.2 Å². The average Bonchev–Trinajstić information content (AvgIpc) is 2.24. The Bertz CT molecular complexity index is 229. The predicted octanol–water partition coefficient (Wildman–Crippen LogP) is 1.16. The summed E-state index contributed by atoms with van der Waals surface area (Å²) in [5.41, 5.74) is 6.81. The zero-order valence-electron chi connectivity index (χ0n) is 10.7. The van der Waals surface area contributed by atoms with Crippen LogP contribution >= 0.6 is 0 Å². The molecule has 94 valence electrons. The fraction of sp³-hybridized carbons (Fsp3) is 0.750. The molecule has 1 amide bonds. The van der Waals surface area contributed by atoms with Crippen molar-refractivity contribution in [3.8, 4) is 0 Å². The van der Waals surface area contributed by atoms with Gasteiger partial charge in [-0.15, -0.1) is 0 Å². The van der Waals surface area contributed by atoms with E-state index < -0.39 is 6.04 Å². The standard InChI is InChI=1S/C12H24N2O2/c1-5-14(9-10(2)3)12(15)11(13)7-6-8-16-4/h11H,2,5-9,13H2,1,3-4H3. The third-order valence-corrected chi connectivity index (χ3v) is 2.33. The number of hydrogen-bond acceptors (Lipinski definition) is 3. The first-order valence-electron chi connectivity index (χ1n) is 5.70. The minimum Gasteiger partial charge on any atom is -0.385 e. The van der Waals surface area contributed by atoms with Crippen molar-refractivity contribution >= 4 is 5.91 Å². The molecule has 1 atom stereocenters. The van der Waals surface area contributed by atoms with Crippen LogP contribution in [-0.4, -0.2) is 43.7 Å². The van der Waals surface area contributed by atoms with E-state index in [0.29, 0.717) is 26.1 Å². The van der Waals surface area contributed by atoms with Gasteiger partial charge in [0.2, 0.25) is 5.91 Å². The molecule has 0 radical (unpaired) electrons. The molecule has 2 N–H and O–H groups in total. The Labute approximate surface area is 98.4 Å². The Hall–Kier alpha value is -0.870. The van der Waals surface area contributed by atoms with Crippen LogP contribution in [0.15, 0.2) is 12.2 Å². The number of rotatable bonds is 8. The van der Waals surface area contributed by atoms with Crippen LogP contribution in [-0.2, 0) is 9.53 Å². The lowest BCUT2D eigenvalue weighted by molar-refractivity contribution is -0.132. The number of amides is 1. The molecular formula is C12H24N2O2. The quantitative estimate of drug-likeness (QED) is 0.501. The highest BCUT2D eigenvalue weighted by atomic mass is 16.5. The molecule has 0 aromatic heterocycles. The van der Waals surface area contributed by atoms with Crippen LogP contribution in [0.5, 0.6) is 0 Å². The topological polar surface area (TPSA) is 55.6 Å². The molecule has 0 heterocycles. The van der Waals surface area contributed by atoms with Crippen LogP contribution in [0.1, 0.15) is 26.7 Å². The van der Waals surface area contributed by atoms with Crippen molar-refractivity contribution < 1.29 is 9.53 Å². The summed E-state index contributed by atoms with van der Waals surface area (Å²) >= 11 is 0. The van der Waals surface area contributed by atoms with E-state index in [-0.39, 0.29) is 5.91 Å². The smallest absolute Gasteiger partial charge is 0.239 e. The monoisotopic (exact) mass is 228 g/mol. The van der Waals surface area contributed by atoms with Crippen LogP contribution in [0.3, 0.4) is 0 Å². The van der Waals surface area contributed by atoms with Gasteiger partial charge in [-0.3, -0.25) is 4.79 Å². The molecule has 0 saturated heterocycles. The molecule has 0 aliphatic carbocycles. The van der Waals surface area contributed by atoms with E-state index >= 15 is 0 Å². The molecule has 0 aromatic rings. The molecule has 1 unspecified atom stereocenters. The molecule has 0 aliphatic heterocycles. The summed E-state index contributed by atoms with van der Waals surface area (Å²) in [4.78, 5) is 13.7. The molecule has 0 saturated carbocycles. The van der Waals surface area contributed by atoms with Gasteiger partial charge in [-0.2, -0.15) is 0 Å². The number of carbonyl (C=O) groups excluding carboxylic acids is 1. The van der Waals surface area contributed by atoms with Crippen molar-refractivity contribution in [3.63, 3.8) is 0 Å². The second kappa shape index (κ2) is 8.30. The lowest BCUT2D eigenvalue weighted by Crippen LogP contribution is -2.44. The Morgan fingerprint density at radius 3 is 2.62 bits per heavy atom. The molecule has 0 rings (SSSR count). The lowest BCUT2D eigenvalue weighted by Gasteiger charge is -2.24. The average molecular weight is 228 g/mol. The Balaban J connectivity index is 4.11. The van der Waals surface area contributed by atoms with Crippen LogP contribution in [0.4, 0.5) is 0 Å². The van der Waals surface area contributed by atoms with Crippen molar-refractivity contribution in [2.24, 2.45) is 5.73 Å². The minimum absolute atomic E-state index is 0.00148. The molecule has 0 aromatic carbocycles. The third kappa shape index (κ3) is 5.88. The number of ether oxygens (including phenoxy) is 1. The summed E-state index contributed by atoms with van der Waals surface area (Å²) < 4.78 is 4.93. The highest BCUT2D eigenvalue weighted by molar-refractivity contribution is 5.81. The number of nitrogens with zero attached hydrogens (tertiary/aromatic N) is 1. The third-order valence-electron chi connectivity index (χ3n) is 2.33. The van der Waals surface area contributed by atoms with Gasteiger partial charge in [0.05, 0.1) is 6.04 Å². The van der Waals surface area contributed by atoms with E-state index in [1.165, 1.54) is 0 Å². The first-order valence-corrected chi connectivity index (χ1v) is 5.70. The fourth-order valence-corrected chi connectivity index (χ4v) is 1.48. The zero-order chi connectivity index (χ0) is 12.6. The van der Waals surface area contributed by atoms with Crippen LogP contribution < -0.4 is 5.73 Å². The normalized spacial score (nSPS) is 12.2. The number of methoxy groups -OCH3 is 1. The van der Waals surface area contributed by atoms with Gasteiger partial charge in [0.25, 0.3) is 0 Å². The van der Waals surface area contributed by atoms with Crippen molar-refractivity contribution in [1.82, 2.24) is 4.90 Å². The van der Waals surface area contributed by atoms with E-state index in [1.54, 1.807) is 12.0 Å². The number of carbonyl (C=O) groups is 1. The predicted molar refractivity (Wildman–Crippen MR) is 66.2 cm³/mol. The number of nitrogens with two attached hydrogens (primary N) is 1. The molecular weight excluding hydrogens is 204 g/mol. The number of likely N-dealkylation sites (N-methyl/N-ethyl adjacent to an activating group) is 1. The van der Waals surface area contributed by atoms with Crippen LogP contribution in [0.2, 0.25) is 0 Å². The molecule has 0 fully saturated rings. The van der Waals surface area contributed by atoms with Gasteiger partial charge in [-0.25, -0.2) is 0 Å². The maximum absolute atomic E-state index is 11.9. The molecule has 0 bridgehead atoms. The minimum atomic E-state index is -0.422. The summed E-state index contributed by atoms with van der Waals surface area (Å²) in [7, 11) is 1.65. The molecule has 0 aliphatic rings. The Morgan fingerprint density at radius 2 is 2.19 bits per heavy atom. The van der Waals surface area contributed by atoms with E-state index in [0.717, 1.165) is 12.0 Å². The van der Waals surface area contributed by atoms with Crippen LogP contribution in [0.25, 0.3) is 0 Å². The van der Waals surface area contributed by atoms with Crippen molar-refractivity contribution in [1.29, 1.82) is 0 Å². The Kier molecular flexibility index (Phi) is 7.85. The van der Waals surface area contributed by atoms with Gasteiger partial charge in [-0.05, 0) is 26.7 Å². The van der Waals surface area contributed by atoms with Crippen molar-refractivity contribution in [2.45, 2.75) is 32.7 Å². The number of hydrogen-bond donors (Lipinski definition) is 1. The highest BCUT2D eigenvalue weighted by Gasteiger charge is 2.19. The van der Waals surface area contributed by atoms with Gasteiger partial charge in [0, 0.05) is 26.8 Å². The van der Waals surface area contributed by atoms with E-state index in [9.17, 15) is 4.79 Å². The first kappa shape index (κ1) is 15.1. The van der Waals surface area contributed by atoms with Gasteiger partial charge in [-0.1, -0.05) is 12.2 Å². The largest absolute Gasteiger partial charge is 0.385 e. The molecule has 4 heteroatoms. The van der Waals surface area contributed by atoms with E-state index in [4.69, 9.17) is 10.5 Å². The summed E-state index contributed by atoms with van der Waals surface area (Å²) in [5, 5.41) is 0. The maximum atomic E-state index is 11.9. The van der Waals surface area contributed by atoms with Gasteiger partial charge < -0.3 is 15.4 Å². The van der Waals surface area contributed by atoms with Gasteiger partial charge >= 0.3 is 0 Å². The molecule has 4 nitrogen and oxygen atoms in total. The van der Waals surface area contributed by atoms with Gasteiger partial charge in [0.1, 0.15) is 0 Å². The second-order valence-corrected chi connectivity index (χ2v) is 4.05. The van der Waals surface area contributed by atoms with E-state index in [1.807, 2.05) is 13.8 Å².